The number of amides is 1. The Morgan fingerprint density at radius 3 is 2.50 bits per heavy atom. The number of benzene rings is 2. The highest BCUT2D eigenvalue weighted by molar-refractivity contribution is 5.93. The number of ether oxygens (including phenoxy) is 1. The molecule has 2 aromatic rings. The van der Waals surface area contributed by atoms with Gasteiger partial charge in [-0.2, -0.15) is 0 Å². The number of rotatable bonds is 5. The zero-order valence-electron chi connectivity index (χ0n) is 13.4. The molecule has 0 heterocycles. The third kappa shape index (κ3) is 3.74. The summed E-state index contributed by atoms with van der Waals surface area (Å²) in [5.74, 6) is -0.957. The Hall–Kier alpha value is -2.82. The molecule has 0 spiro atoms. The van der Waals surface area contributed by atoms with Crippen LogP contribution in [-0.2, 0) is 9.53 Å². The van der Waals surface area contributed by atoms with Crippen molar-refractivity contribution in [3.8, 4) is 5.75 Å². The summed E-state index contributed by atoms with van der Waals surface area (Å²) in [4.78, 5) is 24.8. The van der Waals surface area contributed by atoms with E-state index in [1.54, 1.807) is 43.3 Å². The van der Waals surface area contributed by atoms with Gasteiger partial charge in [0.15, 0.2) is 0 Å². The first-order valence-corrected chi connectivity index (χ1v) is 7.90. The average Bonchev–Trinajstić information content (AvgIpc) is 3.39. The molecule has 24 heavy (non-hydrogen) atoms. The lowest BCUT2D eigenvalue weighted by atomic mass is 10.1. The summed E-state index contributed by atoms with van der Waals surface area (Å²) < 4.78 is 5.45. The maximum atomic E-state index is 12.4. The Labute approximate surface area is 140 Å². The van der Waals surface area contributed by atoms with Crippen LogP contribution in [0.2, 0.25) is 0 Å². The normalized spacial score (nSPS) is 14.7. The number of carbonyl (C=O) groups is 2. The van der Waals surface area contributed by atoms with Crippen LogP contribution in [0.1, 0.15) is 40.4 Å². The summed E-state index contributed by atoms with van der Waals surface area (Å²) in [7, 11) is 0. The highest BCUT2D eigenvalue weighted by atomic mass is 16.5. The van der Waals surface area contributed by atoms with E-state index in [1.807, 2.05) is 6.07 Å². The second-order valence-corrected chi connectivity index (χ2v) is 5.98. The van der Waals surface area contributed by atoms with Crippen molar-refractivity contribution < 1.29 is 19.4 Å². The molecule has 0 bridgehead atoms. The molecule has 5 nitrogen and oxygen atoms in total. The molecule has 5 heteroatoms. The molecule has 124 valence electrons. The molecule has 1 aliphatic rings. The molecule has 2 aromatic carbocycles. The average molecular weight is 325 g/mol. The fourth-order valence-corrected chi connectivity index (χ4v) is 2.32. The van der Waals surface area contributed by atoms with E-state index in [-0.39, 0.29) is 23.3 Å². The number of nitrogens with one attached hydrogen (secondary N) is 1. The number of phenols is 1. The van der Waals surface area contributed by atoms with Gasteiger partial charge in [0, 0.05) is 11.6 Å². The smallest absolute Gasteiger partial charge is 0.339 e. The van der Waals surface area contributed by atoms with Crippen LogP contribution in [-0.4, -0.2) is 23.0 Å². The van der Waals surface area contributed by atoms with Crippen molar-refractivity contribution in [1.82, 2.24) is 5.32 Å². The molecular weight excluding hydrogens is 306 g/mol. The molecule has 0 aliphatic heterocycles. The van der Waals surface area contributed by atoms with Gasteiger partial charge in [0.1, 0.15) is 5.75 Å². The van der Waals surface area contributed by atoms with Crippen molar-refractivity contribution in [3.05, 3.63) is 65.2 Å². The third-order valence-electron chi connectivity index (χ3n) is 3.93. The zero-order chi connectivity index (χ0) is 17.1. The maximum Gasteiger partial charge on any atom is 0.339 e. The van der Waals surface area contributed by atoms with Gasteiger partial charge in [0.2, 0.25) is 6.10 Å². The van der Waals surface area contributed by atoms with Gasteiger partial charge >= 0.3 is 5.97 Å². The molecule has 3 rings (SSSR count). The van der Waals surface area contributed by atoms with Crippen LogP contribution < -0.4 is 5.32 Å². The van der Waals surface area contributed by atoms with Crippen LogP contribution in [0.25, 0.3) is 0 Å². The van der Waals surface area contributed by atoms with Gasteiger partial charge in [0.25, 0.3) is 5.91 Å². The lowest BCUT2D eigenvalue weighted by molar-refractivity contribution is -0.130. The topological polar surface area (TPSA) is 75.6 Å². The standard InChI is InChI=1S/C19H19NO4/c1-12-7-8-14(11-16(12)21)19(23)24-17(13-5-3-2-4-6-13)18(22)20-15-9-10-15/h2-8,11,15,17,21H,9-10H2,1H3,(H,20,22)/t17-/m0/s1. The minimum atomic E-state index is -1.01. The van der Waals surface area contributed by atoms with Gasteiger partial charge in [-0.15, -0.1) is 0 Å². The summed E-state index contributed by atoms with van der Waals surface area (Å²) in [5, 5.41) is 12.6. The third-order valence-corrected chi connectivity index (χ3v) is 3.93. The van der Waals surface area contributed by atoms with E-state index in [4.69, 9.17) is 4.74 Å². The van der Waals surface area contributed by atoms with Crippen molar-refractivity contribution in [1.29, 1.82) is 0 Å². The Bertz CT molecular complexity index is 753. The van der Waals surface area contributed by atoms with E-state index in [0.717, 1.165) is 12.8 Å². The summed E-state index contributed by atoms with van der Waals surface area (Å²) in [6.45, 7) is 1.74. The quantitative estimate of drug-likeness (QED) is 0.829. The van der Waals surface area contributed by atoms with E-state index in [2.05, 4.69) is 5.32 Å². The SMILES string of the molecule is Cc1ccc(C(=O)O[C@H](C(=O)NC2CC2)c2ccccc2)cc1O. The molecule has 0 unspecified atom stereocenters. The minimum absolute atomic E-state index is 0.0168. The van der Waals surface area contributed by atoms with Crippen LogP contribution in [0.5, 0.6) is 5.75 Å². The molecular formula is C19H19NO4. The van der Waals surface area contributed by atoms with E-state index >= 15 is 0 Å². The molecule has 1 amide bonds. The van der Waals surface area contributed by atoms with Crippen molar-refractivity contribution in [3.63, 3.8) is 0 Å². The van der Waals surface area contributed by atoms with Gasteiger partial charge in [0.05, 0.1) is 5.56 Å². The summed E-state index contributed by atoms with van der Waals surface area (Å²) >= 11 is 0. The van der Waals surface area contributed by atoms with Crippen molar-refractivity contribution in [2.75, 3.05) is 0 Å². The van der Waals surface area contributed by atoms with E-state index in [9.17, 15) is 14.7 Å². The number of phenolic OH excluding ortho intramolecular Hbond substituents is 1. The number of hydrogen-bond acceptors (Lipinski definition) is 4. The van der Waals surface area contributed by atoms with E-state index in [1.165, 1.54) is 6.07 Å². The van der Waals surface area contributed by atoms with Crippen LogP contribution >= 0.6 is 0 Å². The number of aromatic hydroxyl groups is 1. The second kappa shape index (κ2) is 6.74. The Morgan fingerprint density at radius 1 is 1.17 bits per heavy atom. The monoisotopic (exact) mass is 325 g/mol. The van der Waals surface area contributed by atoms with Crippen molar-refractivity contribution >= 4 is 11.9 Å². The molecule has 2 N–H and O–H groups in total. The highest BCUT2D eigenvalue weighted by Gasteiger charge is 2.31. The minimum Gasteiger partial charge on any atom is -0.508 e. The van der Waals surface area contributed by atoms with Crippen molar-refractivity contribution in [2.24, 2.45) is 0 Å². The number of hydrogen-bond donors (Lipinski definition) is 2. The molecule has 1 saturated carbocycles. The van der Waals surface area contributed by atoms with E-state index < -0.39 is 12.1 Å². The molecule has 0 aromatic heterocycles. The fourth-order valence-electron chi connectivity index (χ4n) is 2.32. The largest absolute Gasteiger partial charge is 0.508 e. The number of aryl methyl sites for hydroxylation is 1. The first-order chi connectivity index (χ1) is 11.5. The predicted molar refractivity (Wildman–Crippen MR) is 88.6 cm³/mol. The molecule has 1 fully saturated rings. The van der Waals surface area contributed by atoms with Crippen molar-refractivity contribution in [2.45, 2.75) is 31.9 Å². The molecule has 1 aliphatic carbocycles. The van der Waals surface area contributed by atoms with Crippen LogP contribution in [0.4, 0.5) is 0 Å². The molecule has 0 radical (unpaired) electrons. The Kier molecular flexibility index (Phi) is 4.51. The first-order valence-electron chi connectivity index (χ1n) is 7.90. The summed E-state index contributed by atoms with van der Waals surface area (Å²) in [6, 6.07) is 13.6. The van der Waals surface area contributed by atoms with Gasteiger partial charge in [-0.3, -0.25) is 4.79 Å². The number of carbonyl (C=O) groups excluding carboxylic acids is 2. The summed E-state index contributed by atoms with van der Waals surface area (Å²) in [5.41, 5.74) is 1.48. The lowest BCUT2D eigenvalue weighted by Crippen LogP contribution is -2.33. The van der Waals surface area contributed by atoms with E-state index in [0.29, 0.717) is 11.1 Å². The fraction of sp³-hybridized carbons (Fsp3) is 0.263. The summed E-state index contributed by atoms with van der Waals surface area (Å²) in [6.07, 6.45) is 0.891. The van der Waals surface area contributed by atoms with Crippen LogP contribution in [0, 0.1) is 6.92 Å². The molecule has 0 saturated heterocycles. The lowest BCUT2D eigenvalue weighted by Gasteiger charge is -2.18. The van der Waals surface area contributed by atoms with Gasteiger partial charge < -0.3 is 15.2 Å². The maximum absolute atomic E-state index is 12.4. The number of esters is 1. The van der Waals surface area contributed by atoms with Crippen LogP contribution in [0.15, 0.2) is 48.5 Å². The Morgan fingerprint density at radius 2 is 1.88 bits per heavy atom. The zero-order valence-corrected chi connectivity index (χ0v) is 13.4. The highest BCUT2D eigenvalue weighted by Crippen LogP contribution is 2.25. The Balaban J connectivity index is 1.81. The van der Waals surface area contributed by atoms with Gasteiger partial charge in [-0.1, -0.05) is 36.4 Å². The first kappa shape index (κ1) is 16.1. The predicted octanol–water partition coefficient (Wildman–Crippen LogP) is 2.88. The second-order valence-electron chi connectivity index (χ2n) is 5.98. The molecule has 1 atom stereocenters. The van der Waals surface area contributed by atoms with Gasteiger partial charge in [-0.05, 0) is 37.5 Å². The van der Waals surface area contributed by atoms with Gasteiger partial charge in [-0.25, -0.2) is 4.79 Å². The van der Waals surface area contributed by atoms with Crippen LogP contribution in [0.3, 0.4) is 0 Å².